The predicted molar refractivity (Wildman–Crippen MR) is 133 cm³/mol. The molecular formula is C22H41Cl2N5O. The minimum Gasteiger partial charge on any atom is -0.497 e. The van der Waals surface area contributed by atoms with Gasteiger partial charge in [-0.05, 0) is 30.5 Å². The standard InChI is InChI=1S/C22H39N5O.2ClH/c1-3-4-5-6-7-8-9-10-11-17-25-21(23)27-22(24)26-18-16-19-12-14-20(28-2)15-13-19;;/h12-15H,3-11,16-18H2,1-2H3,(H5,23,24,25,26,27);2*1H. The number of rotatable bonds is 14. The van der Waals surface area contributed by atoms with Gasteiger partial charge in [-0.1, -0.05) is 70.4 Å². The first-order valence-corrected chi connectivity index (χ1v) is 10.7. The van der Waals surface area contributed by atoms with Gasteiger partial charge in [-0.15, -0.1) is 24.8 Å². The van der Waals surface area contributed by atoms with Crippen molar-refractivity contribution in [1.29, 1.82) is 10.8 Å². The van der Waals surface area contributed by atoms with Crippen LogP contribution in [0.5, 0.6) is 5.75 Å². The molecule has 0 saturated carbocycles. The number of guanidine groups is 2. The van der Waals surface area contributed by atoms with Crippen molar-refractivity contribution in [3.8, 4) is 5.75 Å². The average molecular weight is 463 g/mol. The lowest BCUT2D eigenvalue weighted by Gasteiger charge is -2.12. The summed E-state index contributed by atoms with van der Waals surface area (Å²) >= 11 is 0. The maximum absolute atomic E-state index is 7.87. The summed E-state index contributed by atoms with van der Waals surface area (Å²) in [5, 5.41) is 24.5. The Morgan fingerprint density at radius 1 is 0.767 bits per heavy atom. The molecule has 0 saturated heterocycles. The molecule has 0 aromatic heterocycles. The predicted octanol–water partition coefficient (Wildman–Crippen LogP) is 5.25. The second kappa shape index (κ2) is 20.6. The zero-order valence-corrected chi connectivity index (χ0v) is 20.2. The first-order valence-electron chi connectivity index (χ1n) is 10.7. The Bertz CT molecular complexity index is 555. The molecular weight excluding hydrogens is 421 g/mol. The van der Waals surface area contributed by atoms with Crippen LogP contribution in [0.3, 0.4) is 0 Å². The molecule has 0 radical (unpaired) electrons. The molecule has 1 aromatic rings. The van der Waals surface area contributed by atoms with Gasteiger partial charge in [0, 0.05) is 13.1 Å². The number of unbranched alkanes of at least 4 members (excludes halogenated alkanes) is 8. The van der Waals surface area contributed by atoms with Crippen LogP contribution in [0.25, 0.3) is 0 Å². The molecule has 0 amide bonds. The molecule has 0 bridgehead atoms. The van der Waals surface area contributed by atoms with E-state index in [-0.39, 0.29) is 36.7 Å². The Kier molecular flexibility index (Phi) is 21.0. The van der Waals surface area contributed by atoms with Gasteiger partial charge in [-0.25, -0.2) is 0 Å². The van der Waals surface area contributed by atoms with E-state index in [1.165, 1.54) is 56.9 Å². The summed E-state index contributed by atoms with van der Waals surface area (Å²) in [6, 6.07) is 7.91. The molecule has 0 unspecified atom stereocenters. The van der Waals surface area contributed by atoms with Crippen molar-refractivity contribution in [1.82, 2.24) is 16.0 Å². The summed E-state index contributed by atoms with van der Waals surface area (Å²) < 4.78 is 5.14. The highest BCUT2D eigenvalue weighted by Crippen LogP contribution is 2.11. The molecule has 0 fully saturated rings. The van der Waals surface area contributed by atoms with Crippen LogP contribution in [0.2, 0.25) is 0 Å². The molecule has 0 aliphatic carbocycles. The van der Waals surface area contributed by atoms with Crippen LogP contribution in [0.15, 0.2) is 24.3 Å². The van der Waals surface area contributed by atoms with Crippen molar-refractivity contribution in [3.63, 3.8) is 0 Å². The van der Waals surface area contributed by atoms with Gasteiger partial charge in [0.25, 0.3) is 0 Å². The number of methoxy groups -OCH3 is 1. The molecule has 6 nitrogen and oxygen atoms in total. The molecule has 5 N–H and O–H groups in total. The van der Waals surface area contributed by atoms with E-state index in [1.807, 2.05) is 24.3 Å². The van der Waals surface area contributed by atoms with E-state index < -0.39 is 0 Å². The highest BCUT2D eigenvalue weighted by atomic mass is 35.5. The average Bonchev–Trinajstić information content (AvgIpc) is 2.70. The quantitative estimate of drug-likeness (QED) is 0.148. The Labute approximate surface area is 195 Å². The fourth-order valence-corrected chi connectivity index (χ4v) is 2.99. The SMILES string of the molecule is CCCCCCCCCCCNC(=N)NC(=N)NCCc1ccc(OC)cc1.Cl.Cl. The molecule has 0 heterocycles. The van der Waals surface area contributed by atoms with Gasteiger partial charge in [0.2, 0.25) is 0 Å². The lowest BCUT2D eigenvalue weighted by atomic mass is 10.1. The van der Waals surface area contributed by atoms with E-state index >= 15 is 0 Å². The number of benzene rings is 1. The van der Waals surface area contributed by atoms with Gasteiger partial charge in [0.1, 0.15) is 5.75 Å². The normalized spacial score (nSPS) is 9.67. The molecule has 0 aliphatic heterocycles. The number of hydrogen-bond acceptors (Lipinski definition) is 3. The topological polar surface area (TPSA) is 93.0 Å². The molecule has 174 valence electrons. The molecule has 0 aliphatic rings. The molecule has 30 heavy (non-hydrogen) atoms. The van der Waals surface area contributed by atoms with Crippen LogP contribution in [0.1, 0.15) is 70.3 Å². The molecule has 1 aromatic carbocycles. The van der Waals surface area contributed by atoms with Crippen molar-refractivity contribution in [3.05, 3.63) is 29.8 Å². The smallest absolute Gasteiger partial charge is 0.195 e. The van der Waals surface area contributed by atoms with E-state index in [4.69, 9.17) is 15.6 Å². The summed E-state index contributed by atoms with van der Waals surface area (Å²) in [5.74, 6) is 1.18. The van der Waals surface area contributed by atoms with Gasteiger partial charge >= 0.3 is 0 Å². The van der Waals surface area contributed by atoms with Crippen LogP contribution in [0.4, 0.5) is 0 Å². The summed E-state index contributed by atoms with van der Waals surface area (Å²) in [6.07, 6.45) is 12.4. The molecule has 8 heteroatoms. The summed E-state index contributed by atoms with van der Waals surface area (Å²) in [5.41, 5.74) is 1.18. The first-order chi connectivity index (χ1) is 13.7. The van der Waals surface area contributed by atoms with E-state index in [1.54, 1.807) is 7.11 Å². The van der Waals surface area contributed by atoms with E-state index in [0.717, 1.165) is 25.1 Å². The van der Waals surface area contributed by atoms with Gasteiger partial charge in [0.05, 0.1) is 7.11 Å². The Hall–Kier alpha value is -1.66. The fourth-order valence-electron chi connectivity index (χ4n) is 2.99. The van der Waals surface area contributed by atoms with Crippen molar-refractivity contribution >= 4 is 36.7 Å². The minimum absolute atomic E-state index is 0. The largest absolute Gasteiger partial charge is 0.497 e. The Morgan fingerprint density at radius 3 is 1.80 bits per heavy atom. The summed E-state index contributed by atoms with van der Waals surface area (Å²) in [7, 11) is 1.65. The number of ether oxygens (including phenoxy) is 1. The van der Waals surface area contributed by atoms with Crippen LogP contribution in [-0.2, 0) is 6.42 Å². The fraction of sp³-hybridized carbons (Fsp3) is 0.636. The molecule has 0 spiro atoms. The van der Waals surface area contributed by atoms with Crippen LogP contribution >= 0.6 is 24.8 Å². The second-order valence-electron chi connectivity index (χ2n) is 7.16. The van der Waals surface area contributed by atoms with Crippen LogP contribution in [-0.4, -0.2) is 32.1 Å². The zero-order chi connectivity index (χ0) is 20.5. The minimum atomic E-state index is 0. The highest BCUT2D eigenvalue weighted by Gasteiger charge is 2.01. The highest BCUT2D eigenvalue weighted by molar-refractivity contribution is 5.95. The third-order valence-electron chi connectivity index (χ3n) is 4.71. The van der Waals surface area contributed by atoms with E-state index in [2.05, 4.69) is 22.9 Å². The monoisotopic (exact) mass is 461 g/mol. The van der Waals surface area contributed by atoms with E-state index in [9.17, 15) is 0 Å². The number of hydrogen-bond donors (Lipinski definition) is 5. The summed E-state index contributed by atoms with van der Waals surface area (Å²) in [4.78, 5) is 0. The van der Waals surface area contributed by atoms with Gasteiger partial charge in [0.15, 0.2) is 11.9 Å². The third kappa shape index (κ3) is 16.2. The maximum Gasteiger partial charge on any atom is 0.195 e. The van der Waals surface area contributed by atoms with Gasteiger partial charge in [-0.3, -0.25) is 16.1 Å². The van der Waals surface area contributed by atoms with Crippen molar-refractivity contribution in [2.45, 2.75) is 71.1 Å². The van der Waals surface area contributed by atoms with E-state index in [0.29, 0.717) is 6.54 Å². The number of halogens is 2. The van der Waals surface area contributed by atoms with Crippen molar-refractivity contribution < 1.29 is 4.74 Å². The molecule has 1 rings (SSSR count). The van der Waals surface area contributed by atoms with Crippen LogP contribution in [0, 0.1) is 10.8 Å². The summed E-state index contributed by atoms with van der Waals surface area (Å²) in [6.45, 7) is 3.67. The lowest BCUT2D eigenvalue weighted by molar-refractivity contribution is 0.414. The lowest BCUT2D eigenvalue weighted by Crippen LogP contribution is -2.46. The second-order valence-corrected chi connectivity index (χ2v) is 7.16. The van der Waals surface area contributed by atoms with Gasteiger partial charge < -0.3 is 15.4 Å². The third-order valence-corrected chi connectivity index (χ3v) is 4.71. The molecule has 0 atom stereocenters. The van der Waals surface area contributed by atoms with Crippen LogP contribution < -0.4 is 20.7 Å². The maximum atomic E-state index is 7.87. The Morgan fingerprint density at radius 2 is 1.27 bits per heavy atom. The van der Waals surface area contributed by atoms with Gasteiger partial charge in [-0.2, -0.15) is 0 Å². The Balaban J connectivity index is 0. The zero-order valence-electron chi connectivity index (χ0n) is 18.5. The number of nitrogens with one attached hydrogen (secondary N) is 5. The van der Waals surface area contributed by atoms with Crippen molar-refractivity contribution in [2.75, 3.05) is 20.2 Å². The van der Waals surface area contributed by atoms with Crippen molar-refractivity contribution in [2.24, 2.45) is 0 Å². The first kappa shape index (κ1) is 30.5.